The topological polar surface area (TPSA) is 57.7 Å². The first-order chi connectivity index (χ1) is 9.22. The summed E-state index contributed by atoms with van der Waals surface area (Å²) in [5.74, 6) is 0.567. The Bertz CT molecular complexity index is 437. The van der Waals surface area contributed by atoms with E-state index in [1.54, 1.807) is 0 Å². The number of aromatic nitrogens is 3. The van der Waals surface area contributed by atoms with E-state index in [4.69, 9.17) is 5.26 Å². The van der Waals surface area contributed by atoms with Gasteiger partial charge in [-0.25, -0.2) is 4.68 Å². The molecule has 0 unspecified atom stereocenters. The maximum atomic E-state index is 8.91. The highest BCUT2D eigenvalue weighted by Gasteiger charge is 2.25. The maximum Gasteiger partial charge on any atom is 0.100 e. The number of hydrogen-bond donors (Lipinski definition) is 0. The summed E-state index contributed by atoms with van der Waals surface area (Å²) in [6.45, 7) is 1.96. The van der Waals surface area contributed by atoms with Crippen molar-refractivity contribution in [1.29, 1.82) is 5.26 Å². The van der Waals surface area contributed by atoms with Crippen molar-refractivity contribution in [2.24, 2.45) is 0 Å². The van der Waals surface area contributed by atoms with E-state index in [1.165, 1.54) is 31.4 Å². The van der Waals surface area contributed by atoms with Crippen LogP contribution in [0.5, 0.6) is 0 Å². The molecular formula is C14H23N5. The van der Waals surface area contributed by atoms with Gasteiger partial charge in [-0.3, -0.25) is 0 Å². The smallest absolute Gasteiger partial charge is 0.100 e. The summed E-state index contributed by atoms with van der Waals surface area (Å²) in [5, 5.41) is 17.4. The molecule has 0 bridgehead atoms. The van der Waals surface area contributed by atoms with E-state index >= 15 is 0 Å². The number of rotatable bonds is 6. The van der Waals surface area contributed by atoms with Crippen molar-refractivity contribution in [3.8, 4) is 6.07 Å². The second-order valence-corrected chi connectivity index (χ2v) is 5.62. The molecule has 1 aliphatic carbocycles. The maximum absolute atomic E-state index is 8.91. The summed E-state index contributed by atoms with van der Waals surface area (Å²) in [6.07, 6.45) is 6.49. The minimum atomic E-state index is 0.388. The van der Waals surface area contributed by atoms with Crippen molar-refractivity contribution in [1.82, 2.24) is 19.9 Å². The predicted octanol–water partition coefficient (Wildman–Crippen LogP) is 1.95. The Kier molecular flexibility index (Phi) is 4.92. The minimum Gasteiger partial charge on any atom is -0.309 e. The fourth-order valence-corrected chi connectivity index (χ4v) is 2.90. The lowest BCUT2D eigenvalue weighted by atomic mass is 10.0. The third-order valence-electron chi connectivity index (χ3n) is 3.81. The van der Waals surface area contributed by atoms with Crippen molar-refractivity contribution >= 4 is 0 Å². The second kappa shape index (κ2) is 6.67. The fourth-order valence-electron chi connectivity index (χ4n) is 2.90. The van der Waals surface area contributed by atoms with E-state index in [0.717, 1.165) is 25.2 Å². The van der Waals surface area contributed by atoms with Crippen molar-refractivity contribution in [3.05, 3.63) is 11.4 Å². The van der Waals surface area contributed by atoms with Gasteiger partial charge in [-0.1, -0.05) is 18.1 Å². The van der Waals surface area contributed by atoms with E-state index in [9.17, 15) is 0 Å². The molecule has 1 aromatic heterocycles. The van der Waals surface area contributed by atoms with Gasteiger partial charge in [0.1, 0.15) is 5.69 Å². The Hall–Kier alpha value is -1.41. The monoisotopic (exact) mass is 261 g/mol. The second-order valence-electron chi connectivity index (χ2n) is 5.62. The Morgan fingerprint density at radius 2 is 2.11 bits per heavy atom. The molecule has 1 heterocycles. The zero-order valence-electron chi connectivity index (χ0n) is 12.0. The number of nitrogens with zero attached hydrogens (tertiary/aromatic N) is 5. The third kappa shape index (κ3) is 3.54. The number of aryl methyl sites for hydroxylation is 1. The normalized spacial score (nSPS) is 16.1. The highest BCUT2D eigenvalue weighted by Crippen LogP contribution is 2.35. The van der Waals surface area contributed by atoms with E-state index in [0.29, 0.717) is 12.3 Å². The van der Waals surface area contributed by atoms with Crippen LogP contribution in [-0.4, -0.2) is 40.5 Å². The Labute approximate surface area is 115 Å². The van der Waals surface area contributed by atoms with Crippen LogP contribution in [0.2, 0.25) is 0 Å². The van der Waals surface area contributed by atoms with Gasteiger partial charge in [-0.05, 0) is 39.9 Å². The predicted molar refractivity (Wildman–Crippen MR) is 73.7 cm³/mol. The van der Waals surface area contributed by atoms with Gasteiger partial charge in [0.15, 0.2) is 0 Å². The zero-order chi connectivity index (χ0) is 13.7. The largest absolute Gasteiger partial charge is 0.309 e. The first-order valence-electron chi connectivity index (χ1n) is 7.16. The zero-order valence-corrected chi connectivity index (χ0v) is 12.0. The van der Waals surface area contributed by atoms with Crippen LogP contribution in [0.1, 0.15) is 49.4 Å². The number of nitriles is 1. The quantitative estimate of drug-likeness (QED) is 0.785. The minimum absolute atomic E-state index is 0.388. The molecule has 0 N–H and O–H groups in total. The van der Waals surface area contributed by atoms with Crippen LogP contribution in [0.25, 0.3) is 0 Å². The molecule has 0 amide bonds. The van der Waals surface area contributed by atoms with Gasteiger partial charge in [0.05, 0.1) is 18.2 Å². The molecule has 0 aromatic carbocycles. The Morgan fingerprint density at radius 3 is 2.74 bits per heavy atom. The highest BCUT2D eigenvalue weighted by molar-refractivity contribution is 5.19. The molecule has 1 aliphatic rings. The van der Waals surface area contributed by atoms with Gasteiger partial charge in [-0.2, -0.15) is 5.26 Å². The van der Waals surface area contributed by atoms with Crippen molar-refractivity contribution in [3.63, 3.8) is 0 Å². The van der Waals surface area contributed by atoms with Gasteiger partial charge >= 0.3 is 0 Å². The lowest BCUT2D eigenvalue weighted by molar-refractivity contribution is 0.374. The van der Waals surface area contributed by atoms with Crippen LogP contribution in [-0.2, 0) is 13.0 Å². The Morgan fingerprint density at radius 1 is 1.37 bits per heavy atom. The molecule has 2 rings (SSSR count). The molecule has 5 heteroatoms. The van der Waals surface area contributed by atoms with Gasteiger partial charge in [0.2, 0.25) is 0 Å². The molecule has 0 radical (unpaired) electrons. The highest BCUT2D eigenvalue weighted by atomic mass is 15.4. The summed E-state index contributed by atoms with van der Waals surface area (Å²) in [6, 6.07) is 2.21. The SMILES string of the molecule is CN(C)CCCn1nnc(CC#N)c1C1CCCC1. The lowest BCUT2D eigenvalue weighted by Crippen LogP contribution is -2.17. The van der Waals surface area contributed by atoms with Gasteiger partial charge < -0.3 is 4.90 Å². The van der Waals surface area contributed by atoms with Crippen molar-refractivity contribution in [2.75, 3.05) is 20.6 Å². The summed E-state index contributed by atoms with van der Waals surface area (Å²) < 4.78 is 2.05. The molecule has 1 saturated carbocycles. The van der Waals surface area contributed by atoms with Crippen LogP contribution in [0.3, 0.4) is 0 Å². The average molecular weight is 261 g/mol. The molecule has 1 fully saturated rings. The number of hydrogen-bond acceptors (Lipinski definition) is 4. The van der Waals surface area contributed by atoms with E-state index in [-0.39, 0.29) is 0 Å². The third-order valence-corrected chi connectivity index (χ3v) is 3.81. The van der Waals surface area contributed by atoms with Crippen molar-refractivity contribution in [2.45, 2.75) is 51.0 Å². The Balaban J connectivity index is 2.10. The molecule has 19 heavy (non-hydrogen) atoms. The summed E-state index contributed by atoms with van der Waals surface area (Å²) in [7, 11) is 4.17. The summed E-state index contributed by atoms with van der Waals surface area (Å²) in [4.78, 5) is 2.18. The average Bonchev–Trinajstić information content (AvgIpc) is 2.98. The van der Waals surface area contributed by atoms with Crippen LogP contribution in [0.4, 0.5) is 0 Å². The molecule has 1 aromatic rings. The molecular weight excluding hydrogens is 238 g/mol. The molecule has 104 valence electrons. The van der Waals surface area contributed by atoms with E-state index in [1.807, 2.05) is 4.68 Å². The fraction of sp³-hybridized carbons (Fsp3) is 0.786. The van der Waals surface area contributed by atoms with Crippen LogP contribution < -0.4 is 0 Å². The molecule has 5 nitrogen and oxygen atoms in total. The molecule has 0 atom stereocenters. The van der Waals surface area contributed by atoms with E-state index < -0.39 is 0 Å². The van der Waals surface area contributed by atoms with Crippen LogP contribution >= 0.6 is 0 Å². The van der Waals surface area contributed by atoms with Gasteiger partial charge in [-0.15, -0.1) is 5.10 Å². The van der Waals surface area contributed by atoms with Crippen LogP contribution in [0.15, 0.2) is 0 Å². The van der Waals surface area contributed by atoms with Crippen molar-refractivity contribution < 1.29 is 0 Å². The van der Waals surface area contributed by atoms with Gasteiger partial charge in [0, 0.05) is 12.5 Å². The van der Waals surface area contributed by atoms with Gasteiger partial charge in [0.25, 0.3) is 0 Å². The van der Waals surface area contributed by atoms with Crippen LogP contribution in [0, 0.1) is 11.3 Å². The standard InChI is InChI=1S/C14H23N5/c1-18(2)10-5-11-19-14(12-6-3-4-7-12)13(8-9-15)16-17-19/h12H,3-8,10-11H2,1-2H3. The molecule has 0 aliphatic heterocycles. The lowest BCUT2D eigenvalue weighted by Gasteiger charge is -2.14. The first kappa shape index (κ1) is 14.0. The summed E-state index contributed by atoms with van der Waals surface area (Å²) in [5.41, 5.74) is 2.14. The summed E-state index contributed by atoms with van der Waals surface area (Å²) >= 11 is 0. The molecule has 0 spiro atoms. The molecule has 0 saturated heterocycles. The van der Waals surface area contributed by atoms with E-state index in [2.05, 4.69) is 35.4 Å². The first-order valence-corrected chi connectivity index (χ1v) is 7.16.